The fourth-order valence-corrected chi connectivity index (χ4v) is 5.23. The minimum Gasteiger partial charge on any atom is -0.479 e. The van der Waals surface area contributed by atoms with E-state index < -0.39 is 0 Å². The van der Waals surface area contributed by atoms with Crippen molar-refractivity contribution in [1.82, 2.24) is 10.2 Å². The summed E-state index contributed by atoms with van der Waals surface area (Å²) in [5, 5.41) is 12.2. The lowest BCUT2D eigenvalue weighted by Gasteiger charge is -2.38. The quantitative estimate of drug-likeness (QED) is 0.589. The summed E-state index contributed by atoms with van der Waals surface area (Å²) in [4.78, 5) is 16.0. The van der Waals surface area contributed by atoms with Crippen LogP contribution in [0.4, 0.5) is 0 Å². The number of carbonyl (C=O) groups excluding carboxylic acids is 1. The fourth-order valence-electron chi connectivity index (χ4n) is 5.23. The summed E-state index contributed by atoms with van der Waals surface area (Å²) in [6, 6.07) is 28.2. The Labute approximate surface area is 206 Å². The maximum Gasteiger partial charge on any atom is 0.228 e. The minimum absolute atomic E-state index is 0.0268. The lowest BCUT2D eigenvalue weighted by Crippen LogP contribution is -2.47. The molecule has 0 bridgehead atoms. The maximum atomic E-state index is 13.9. The topological polar surface area (TPSA) is 74.6 Å². The SMILES string of the molecule is N#CCOc1ccc(-c2ccccc2[C@@H]2CNC[C@H]2C(=O)N2CCOC[C@@H]2c2ccccc2)cc1. The molecule has 0 aliphatic carbocycles. The van der Waals surface area contributed by atoms with Gasteiger partial charge in [0.2, 0.25) is 5.91 Å². The van der Waals surface area contributed by atoms with Crippen molar-refractivity contribution < 1.29 is 14.3 Å². The molecular weight excluding hydrogens is 438 g/mol. The molecule has 0 aromatic heterocycles. The molecule has 6 heteroatoms. The number of carbonyl (C=O) groups is 1. The second-order valence-corrected chi connectivity index (χ2v) is 8.96. The van der Waals surface area contributed by atoms with E-state index in [1.165, 1.54) is 5.56 Å². The normalized spacial score (nSPS) is 21.9. The van der Waals surface area contributed by atoms with Crippen LogP contribution in [0.2, 0.25) is 0 Å². The first-order chi connectivity index (χ1) is 17.3. The lowest BCUT2D eigenvalue weighted by molar-refractivity contribution is -0.144. The first-order valence-corrected chi connectivity index (χ1v) is 12.1. The summed E-state index contributed by atoms with van der Waals surface area (Å²) in [6.45, 7) is 3.15. The Morgan fingerprint density at radius 2 is 1.80 bits per heavy atom. The summed E-state index contributed by atoms with van der Waals surface area (Å²) in [5.41, 5.74) is 4.47. The van der Waals surface area contributed by atoms with Crippen LogP contribution in [0, 0.1) is 17.2 Å². The third kappa shape index (κ3) is 4.93. The Kier molecular flexibility index (Phi) is 7.08. The van der Waals surface area contributed by atoms with Gasteiger partial charge >= 0.3 is 0 Å². The van der Waals surface area contributed by atoms with Gasteiger partial charge in [0.25, 0.3) is 0 Å². The second-order valence-electron chi connectivity index (χ2n) is 8.96. The van der Waals surface area contributed by atoms with Gasteiger partial charge in [-0.05, 0) is 34.4 Å². The van der Waals surface area contributed by atoms with Gasteiger partial charge in [-0.2, -0.15) is 5.26 Å². The average Bonchev–Trinajstić information content (AvgIpc) is 3.42. The van der Waals surface area contributed by atoms with Gasteiger partial charge in [0.15, 0.2) is 6.61 Å². The Balaban J connectivity index is 1.41. The highest BCUT2D eigenvalue weighted by Crippen LogP contribution is 2.38. The summed E-state index contributed by atoms with van der Waals surface area (Å²) in [5.74, 6) is 0.793. The van der Waals surface area contributed by atoms with Crippen LogP contribution in [0.3, 0.4) is 0 Å². The summed E-state index contributed by atoms with van der Waals surface area (Å²) in [7, 11) is 0. The van der Waals surface area contributed by atoms with Crippen LogP contribution in [0.15, 0.2) is 78.9 Å². The van der Waals surface area contributed by atoms with Crippen LogP contribution < -0.4 is 10.1 Å². The molecule has 0 radical (unpaired) electrons. The number of rotatable bonds is 6. The Morgan fingerprint density at radius 1 is 1.03 bits per heavy atom. The molecule has 1 N–H and O–H groups in total. The van der Waals surface area contributed by atoms with Crippen molar-refractivity contribution in [3.63, 3.8) is 0 Å². The molecule has 6 nitrogen and oxygen atoms in total. The van der Waals surface area contributed by atoms with Crippen molar-refractivity contribution in [3.05, 3.63) is 90.0 Å². The number of nitriles is 1. The first-order valence-electron chi connectivity index (χ1n) is 12.1. The van der Waals surface area contributed by atoms with Crippen LogP contribution in [-0.2, 0) is 9.53 Å². The molecule has 2 fully saturated rings. The molecule has 35 heavy (non-hydrogen) atoms. The molecule has 1 amide bonds. The molecule has 178 valence electrons. The molecular formula is C29H29N3O3. The third-order valence-corrected chi connectivity index (χ3v) is 6.96. The van der Waals surface area contributed by atoms with Crippen molar-refractivity contribution in [3.8, 4) is 22.9 Å². The van der Waals surface area contributed by atoms with E-state index in [-0.39, 0.29) is 30.4 Å². The Morgan fingerprint density at radius 3 is 2.60 bits per heavy atom. The van der Waals surface area contributed by atoms with E-state index in [1.807, 2.05) is 65.6 Å². The smallest absolute Gasteiger partial charge is 0.228 e. The largest absolute Gasteiger partial charge is 0.479 e. The summed E-state index contributed by atoms with van der Waals surface area (Å²) >= 11 is 0. The van der Waals surface area contributed by atoms with Gasteiger partial charge in [0.1, 0.15) is 11.8 Å². The summed E-state index contributed by atoms with van der Waals surface area (Å²) < 4.78 is 11.2. The van der Waals surface area contributed by atoms with Crippen LogP contribution >= 0.6 is 0 Å². The van der Waals surface area contributed by atoms with E-state index >= 15 is 0 Å². The van der Waals surface area contributed by atoms with Crippen LogP contribution in [0.5, 0.6) is 5.75 Å². The Bertz CT molecular complexity index is 1190. The molecule has 0 unspecified atom stereocenters. The van der Waals surface area contributed by atoms with E-state index in [2.05, 4.69) is 29.6 Å². The predicted octanol–water partition coefficient (Wildman–Crippen LogP) is 4.16. The molecule has 3 aromatic rings. The monoisotopic (exact) mass is 467 g/mol. The van der Waals surface area contributed by atoms with Gasteiger partial charge < -0.3 is 19.7 Å². The number of amides is 1. The van der Waals surface area contributed by atoms with Crippen LogP contribution in [0.25, 0.3) is 11.1 Å². The molecule has 3 atom stereocenters. The number of hydrogen-bond donors (Lipinski definition) is 1. The number of nitrogens with one attached hydrogen (secondary N) is 1. The van der Waals surface area contributed by atoms with Gasteiger partial charge in [0, 0.05) is 25.6 Å². The molecule has 2 heterocycles. The van der Waals surface area contributed by atoms with Crippen LogP contribution in [-0.4, -0.2) is 50.3 Å². The first kappa shape index (κ1) is 23.1. The van der Waals surface area contributed by atoms with Crippen molar-refractivity contribution in [2.45, 2.75) is 12.0 Å². The number of ether oxygens (including phenoxy) is 2. The molecule has 0 saturated carbocycles. The van der Waals surface area contributed by atoms with Crippen molar-refractivity contribution in [1.29, 1.82) is 5.26 Å². The molecule has 2 saturated heterocycles. The number of morpholine rings is 1. The highest BCUT2D eigenvalue weighted by molar-refractivity contribution is 5.82. The molecule has 5 rings (SSSR count). The maximum absolute atomic E-state index is 13.9. The lowest BCUT2D eigenvalue weighted by atomic mass is 9.83. The number of benzene rings is 3. The second kappa shape index (κ2) is 10.7. The highest BCUT2D eigenvalue weighted by Gasteiger charge is 2.40. The van der Waals surface area contributed by atoms with E-state index in [0.29, 0.717) is 32.1 Å². The number of nitrogens with zero attached hydrogens (tertiary/aromatic N) is 2. The molecule has 3 aromatic carbocycles. The summed E-state index contributed by atoms with van der Waals surface area (Å²) in [6.07, 6.45) is 0. The standard InChI is InChI=1S/C29H29N3O3/c30-14-16-35-23-12-10-21(11-13-23)24-8-4-5-9-25(24)26-18-31-19-27(26)29(33)32-15-17-34-20-28(32)22-6-2-1-3-7-22/h1-13,26-28,31H,15-20H2/t26-,27+,28+/m0/s1. The highest BCUT2D eigenvalue weighted by atomic mass is 16.5. The van der Waals surface area contributed by atoms with Crippen molar-refractivity contribution >= 4 is 5.91 Å². The molecule has 0 spiro atoms. The van der Waals surface area contributed by atoms with E-state index in [9.17, 15) is 4.79 Å². The van der Waals surface area contributed by atoms with Gasteiger partial charge in [0.05, 0.1) is 25.2 Å². The molecule has 2 aliphatic rings. The van der Waals surface area contributed by atoms with Gasteiger partial charge in [-0.3, -0.25) is 4.79 Å². The minimum atomic E-state index is -0.140. The predicted molar refractivity (Wildman–Crippen MR) is 134 cm³/mol. The number of hydrogen-bond acceptors (Lipinski definition) is 5. The van der Waals surface area contributed by atoms with Gasteiger partial charge in [-0.25, -0.2) is 0 Å². The third-order valence-electron chi connectivity index (χ3n) is 6.96. The Hall–Kier alpha value is -3.66. The van der Waals surface area contributed by atoms with Gasteiger partial charge in [-0.1, -0.05) is 66.7 Å². The average molecular weight is 468 g/mol. The zero-order valence-corrected chi connectivity index (χ0v) is 19.6. The van der Waals surface area contributed by atoms with E-state index in [1.54, 1.807) is 0 Å². The van der Waals surface area contributed by atoms with Crippen LogP contribution in [0.1, 0.15) is 23.1 Å². The van der Waals surface area contributed by atoms with Gasteiger partial charge in [-0.15, -0.1) is 0 Å². The fraction of sp³-hybridized carbons (Fsp3) is 0.310. The van der Waals surface area contributed by atoms with Crippen molar-refractivity contribution in [2.75, 3.05) is 39.5 Å². The van der Waals surface area contributed by atoms with Crippen molar-refractivity contribution in [2.24, 2.45) is 5.92 Å². The zero-order valence-electron chi connectivity index (χ0n) is 19.6. The van der Waals surface area contributed by atoms with E-state index in [0.717, 1.165) is 23.2 Å². The zero-order chi connectivity index (χ0) is 24.0. The van der Waals surface area contributed by atoms with E-state index in [4.69, 9.17) is 14.7 Å². The molecule has 2 aliphatic heterocycles.